The van der Waals surface area contributed by atoms with Crippen molar-refractivity contribution in [2.75, 3.05) is 36.4 Å². The predicted octanol–water partition coefficient (Wildman–Crippen LogP) is 5.35. The van der Waals surface area contributed by atoms with Crippen LogP contribution in [0.5, 0.6) is 23.0 Å². The van der Waals surface area contributed by atoms with E-state index in [1.54, 1.807) is 61.7 Å². The van der Waals surface area contributed by atoms with Crippen LogP contribution < -0.4 is 30.2 Å². The van der Waals surface area contributed by atoms with Crippen molar-refractivity contribution in [2.24, 2.45) is 0 Å². The van der Waals surface area contributed by atoms with Crippen LogP contribution in [0.4, 0.5) is 22.7 Å². The second kappa shape index (κ2) is 11.8. The normalized spacial score (nSPS) is 12.3. The third-order valence-electron chi connectivity index (χ3n) is 6.52. The maximum atomic E-state index is 13.2. The van der Waals surface area contributed by atoms with E-state index in [1.165, 1.54) is 41.3 Å². The fourth-order valence-corrected chi connectivity index (χ4v) is 5.53. The van der Waals surface area contributed by atoms with Crippen molar-refractivity contribution in [2.45, 2.75) is 16.7 Å². The number of hydrogen-bond donors (Lipinski definition) is 3. The number of aromatic hydroxyl groups is 1. The predicted molar refractivity (Wildman–Crippen MR) is 160 cm³/mol. The molecule has 1 aliphatic heterocycles. The molecular formula is C31H29N3O7S. The molecule has 5 rings (SSSR count). The number of sulfone groups is 1. The summed E-state index contributed by atoms with van der Waals surface area (Å²) < 4.78 is 42.6. The number of nitrogens with one attached hydrogen (secondary N) is 1. The molecule has 11 heteroatoms. The smallest absolute Gasteiger partial charge is 0.250 e. The van der Waals surface area contributed by atoms with Crippen molar-refractivity contribution < 1.29 is 32.5 Å². The average Bonchev–Trinajstić information content (AvgIpc) is 3.45. The maximum absolute atomic E-state index is 13.2. The number of nitrogens with two attached hydrogens (primary N) is 1. The third kappa shape index (κ3) is 5.96. The summed E-state index contributed by atoms with van der Waals surface area (Å²) in [6.45, 7) is 2.26. The van der Waals surface area contributed by atoms with Gasteiger partial charge >= 0.3 is 0 Å². The number of nitrogens with zero attached hydrogens (tertiary/aromatic N) is 1. The fraction of sp³-hybridized carbons (Fsp3) is 0.129. The molecule has 4 aromatic carbocycles. The fourth-order valence-electron chi connectivity index (χ4n) is 4.27. The highest BCUT2D eigenvalue weighted by Crippen LogP contribution is 2.42. The Hall–Kier alpha value is -5.16. The van der Waals surface area contributed by atoms with Gasteiger partial charge in [-0.1, -0.05) is 6.07 Å². The van der Waals surface area contributed by atoms with Gasteiger partial charge in [0, 0.05) is 36.6 Å². The van der Waals surface area contributed by atoms with E-state index in [1.807, 2.05) is 6.92 Å². The van der Waals surface area contributed by atoms with E-state index in [0.29, 0.717) is 52.2 Å². The van der Waals surface area contributed by atoms with Gasteiger partial charge in [0.15, 0.2) is 23.0 Å². The third-order valence-corrected chi connectivity index (χ3v) is 8.30. The lowest BCUT2D eigenvalue weighted by atomic mass is 10.1. The van der Waals surface area contributed by atoms with Gasteiger partial charge in [0.25, 0.3) is 5.91 Å². The van der Waals surface area contributed by atoms with E-state index in [4.69, 9.17) is 19.9 Å². The zero-order valence-electron chi connectivity index (χ0n) is 22.9. The van der Waals surface area contributed by atoms with E-state index < -0.39 is 9.84 Å². The van der Waals surface area contributed by atoms with Gasteiger partial charge in [-0.25, -0.2) is 8.42 Å². The van der Waals surface area contributed by atoms with Gasteiger partial charge in [-0.05, 0) is 79.2 Å². The lowest BCUT2D eigenvalue weighted by Crippen LogP contribution is -2.24. The number of phenols is 1. The molecule has 10 nitrogen and oxygen atoms in total. The largest absolute Gasteiger partial charge is 0.504 e. The number of likely N-dealkylation sites (N-methyl/N-ethyl adjacent to an activating group) is 1. The van der Waals surface area contributed by atoms with Gasteiger partial charge in [-0.3, -0.25) is 4.79 Å². The summed E-state index contributed by atoms with van der Waals surface area (Å²) in [5, 5.41) is 13.2. The van der Waals surface area contributed by atoms with Crippen LogP contribution >= 0.6 is 0 Å². The van der Waals surface area contributed by atoms with Crippen LogP contribution in [0.2, 0.25) is 0 Å². The maximum Gasteiger partial charge on any atom is 0.250 e. The summed E-state index contributed by atoms with van der Waals surface area (Å²) in [7, 11) is -2.10. The van der Waals surface area contributed by atoms with Crippen molar-refractivity contribution in [3.63, 3.8) is 0 Å². The zero-order chi connectivity index (χ0) is 29.9. The SMILES string of the molecule is CCOc1cc(/C=C/C(=O)N(C)c2cc3c(cc2Nc2ccc(S(=O)(=O)c4ccc(N)cc4)cc2)OCO3)ccc1O. The number of phenolic OH excluding ortho intramolecular Hbond substituents is 1. The number of carbonyl (C=O) groups is 1. The van der Waals surface area contributed by atoms with E-state index in [0.717, 1.165) is 0 Å². The molecule has 0 aliphatic carbocycles. The van der Waals surface area contributed by atoms with Gasteiger partial charge in [-0.2, -0.15) is 0 Å². The second-order valence-electron chi connectivity index (χ2n) is 9.34. The Balaban J connectivity index is 1.39. The highest BCUT2D eigenvalue weighted by molar-refractivity contribution is 7.91. The monoisotopic (exact) mass is 587 g/mol. The number of anilines is 4. The zero-order valence-corrected chi connectivity index (χ0v) is 23.7. The van der Waals surface area contributed by atoms with Gasteiger partial charge < -0.3 is 35.3 Å². The molecule has 0 radical (unpaired) electrons. The first-order valence-corrected chi connectivity index (χ1v) is 14.5. The van der Waals surface area contributed by atoms with Crippen LogP contribution in [0, 0.1) is 0 Å². The lowest BCUT2D eigenvalue weighted by molar-refractivity contribution is -0.113. The molecule has 0 bridgehead atoms. The number of rotatable bonds is 9. The first-order chi connectivity index (χ1) is 20.2. The first kappa shape index (κ1) is 28.4. The van der Waals surface area contributed by atoms with Gasteiger partial charge in [0.05, 0.1) is 27.8 Å². The quantitative estimate of drug-likeness (QED) is 0.174. The van der Waals surface area contributed by atoms with Crippen LogP contribution in [0.1, 0.15) is 12.5 Å². The number of carbonyl (C=O) groups excluding carboxylic acids is 1. The highest BCUT2D eigenvalue weighted by Gasteiger charge is 2.22. The van der Waals surface area contributed by atoms with Gasteiger partial charge in [-0.15, -0.1) is 0 Å². The molecule has 0 spiro atoms. The first-order valence-electron chi connectivity index (χ1n) is 13.0. The van der Waals surface area contributed by atoms with Gasteiger partial charge in [0.1, 0.15) is 0 Å². The number of ether oxygens (including phenoxy) is 3. The highest BCUT2D eigenvalue weighted by atomic mass is 32.2. The number of benzene rings is 4. The summed E-state index contributed by atoms with van der Waals surface area (Å²) in [5.74, 6) is 1.02. The minimum Gasteiger partial charge on any atom is -0.504 e. The Morgan fingerprint density at radius 2 is 1.64 bits per heavy atom. The minimum absolute atomic E-state index is 0.0180. The minimum atomic E-state index is -3.73. The number of amides is 1. The molecule has 0 atom stereocenters. The summed E-state index contributed by atoms with van der Waals surface area (Å²) >= 11 is 0. The molecule has 1 aliphatic rings. The Labute approximate surface area is 243 Å². The summed E-state index contributed by atoms with van der Waals surface area (Å²) in [6.07, 6.45) is 3.04. The molecule has 0 fully saturated rings. The Kier molecular flexibility index (Phi) is 7.94. The molecule has 42 heavy (non-hydrogen) atoms. The average molecular weight is 588 g/mol. The van der Waals surface area contributed by atoms with Crippen LogP contribution in [-0.4, -0.2) is 39.9 Å². The molecule has 216 valence electrons. The molecular weight excluding hydrogens is 558 g/mol. The van der Waals surface area contributed by atoms with Crippen molar-refractivity contribution >= 4 is 44.6 Å². The molecule has 1 heterocycles. The van der Waals surface area contributed by atoms with Crippen LogP contribution in [-0.2, 0) is 14.6 Å². The van der Waals surface area contributed by atoms with E-state index in [2.05, 4.69) is 5.32 Å². The number of nitrogen functional groups attached to an aromatic ring is 1. The molecule has 0 unspecified atom stereocenters. The molecule has 1 amide bonds. The Bertz CT molecular complexity index is 1750. The molecule has 4 N–H and O–H groups in total. The van der Waals surface area contributed by atoms with E-state index >= 15 is 0 Å². The summed E-state index contributed by atoms with van der Waals surface area (Å²) in [5.41, 5.74) is 8.49. The van der Waals surface area contributed by atoms with Crippen molar-refractivity contribution in [3.05, 3.63) is 90.5 Å². The summed E-state index contributed by atoms with van der Waals surface area (Å²) in [4.78, 5) is 14.9. The van der Waals surface area contributed by atoms with Crippen molar-refractivity contribution in [1.29, 1.82) is 0 Å². The molecule has 0 saturated carbocycles. The van der Waals surface area contributed by atoms with Crippen LogP contribution in [0.15, 0.2) is 94.7 Å². The lowest BCUT2D eigenvalue weighted by Gasteiger charge is -2.21. The van der Waals surface area contributed by atoms with Crippen LogP contribution in [0.3, 0.4) is 0 Å². The van der Waals surface area contributed by atoms with E-state index in [9.17, 15) is 18.3 Å². The number of hydrogen-bond acceptors (Lipinski definition) is 9. The second-order valence-corrected chi connectivity index (χ2v) is 11.3. The van der Waals surface area contributed by atoms with Crippen molar-refractivity contribution in [3.8, 4) is 23.0 Å². The summed E-state index contributed by atoms with van der Waals surface area (Å²) in [6, 6.07) is 20.6. The molecule has 0 saturated heterocycles. The topological polar surface area (TPSA) is 140 Å². The molecule has 4 aromatic rings. The standard InChI is InChI=1S/C31H29N3O7S/c1-3-39-28-16-20(4-14-27(28)35)5-15-31(36)34(2)26-18-30-29(40-19-41-30)17-25(26)33-22-8-12-24(13-9-22)42(37,38)23-10-6-21(32)7-11-23/h4-18,33,35H,3,19,32H2,1-2H3/b15-5+. The molecule has 0 aromatic heterocycles. The van der Waals surface area contributed by atoms with E-state index in [-0.39, 0.29) is 28.2 Å². The number of fused-ring (bicyclic) bond motifs is 1. The Morgan fingerprint density at radius 1 is 1.00 bits per heavy atom. The van der Waals surface area contributed by atoms with Crippen LogP contribution in [0.25, 0.3) is 6.08 Å². The van der Waals surface area contributed by atoms with Gasteiger partial charge in [0.2, 0.25) is 16.6 Å². The Morgan fingerprint density at radius 3 is 2.31 bits per heavy atom. The van der Waals surface area contributed by atoms with Crippen molar-refractivity contribution in [1.82, 2.24) is 0 Å².